The molecule has 3 rings (SSSR count). The molecule has 0 bridgehead atoms. The third kappa shape index (κ3) is 4.26. The molecule has 1 atom stereocenters. The summed E-state index contributed by atoms with van der Waals surface area (Å²) in [6, 6.07) is 1.81. The molecule has 1 amide bonds. The van der Waals surface area contributed by atoms with E-state index in [1.807, 2.05) is 11.4 Å². The van der Waals surface area contributed by atoms with Crippen LogP contribution in [-0.2, 0) is 6.42 Å². The van der Waals surface area contributed by atoms with Crippen LogP contribution in [0.3, 0.4) is 0 Å². The van der Waals surface area contributed by atoms with Crippen molar-refractivity contribution in [2.75, 3.05) is 25.4 Å². The van der Waals surface area contributed by atoms with E-state index in [4.69, 9.17) is 10.2 Å². The average Bonchev–Trinajstić information content (AvgIpc) is 3.00. The van der Waals surface area contributed by atoms with Gasteiger partial charge in [0.15, 0.2) is 5.13 Å². The summed E-state index contributed by atoms with van der Waals surface area (Å²) in [5, 5.41) is 8.41. The number of hydrogen-bond acceptors (Lipinski definition) is 7. The predicted molar refractivity (Wildman–Crippen MR) is 97.1 cm³/mol. The fraction of sp³-hybridized carbons (Fsp3) is 0.471. The van der Waals surface area contributed by atoms with Gasteiger partial charge in [-0.2, -0.15) is 0 Å². The maximum absolute atomic E-state index is 12.3. The van der Waals surface area contributed by atoms with Gasteiger partial charge in [-0.05, 0) is 37.9 Å². The van der Waals surface area contributed by atoms with Crippen LogP contribution in [-0.4, -0.2) is 30.5 Å². The first-order valence-electron chi connectivity index (χ1n) is 8.38. The summed E-state index contributed by atoms with van der Waals surface area (Å²) in [4.78, 5) is 28.8. The minimum atomic E-state index is -0.573. The van der Waals surface area contributed by atoms with E-state index in [-0.39, 0.29) is 11.5 Å². The molecule has 134 valence electrons. The van der Waals surface area contributed by atoms with Gasteiger partial charge in [0, 0.05) is 30.8 Å². The average molecular weight is 362 g/mol. The molecule has 8 heteroatoms. The van der Waals surface area contributed by atoms with E-state index >= 15 is 0 Å². The first kappa shape index (κ1) is 17.6. The van der Waals surface area contributed by atoms with Gasteiger partial charge in [-0.3, -0.25) is 4.79 Å². The summed E-state index contributed by atoms with van der Waals surface area (Å²) in [5.74, 6) is 0.430. The SMILES string of the molecule is Cc1cc(C2CCCNC2)oc(=O)c1C(=O)NCCc1csc(N)n1. The van der Waals surface area contributed by atoms with Crippen LogP contribution in [0.4, 0.5) is 5.13 Å². The number of thiazole rings is 1. The second kappa shape index (κ2) is 7.79. The Morgan fingerprint density at radius 1 is 1.56 bits per heavy atom. The molecular formula is C17H22N4O3S. The van der Waals surface area contributed by atoms with Gasteiger partial charge in [0.2, 0.25) is 0 Å². The van der Waals surface area contributed by atoms with Crippen molar-refractivity contribution in [2.24, 2.45) is 0 Å². The van der Waals surface area contributed by atoms with Gasteiger partial charge >= 0.3 is 5.63 Å². The molecular weight excluding hydrogens is 340 g/mol. The molecule has 2 aromatic rings. The van der Waals surface area contributed by atoms with Crippen LogP contribution in [0.15, 0.2) is 20.7 Å². The predicted octanol–water partition coefficient (Wildman–Crippen LogP) is 1.43. The maximum atomic E-state index is 12.3. The lowest BCUT2D eigenvalue weighted by Gasteiger charge is -2.22. The van der Waals surface area contributed by atoms with Gasteiger partial charge in [-0.1, -0.05) is 0 Å². The number of hydrogen-bond donors (Lipinski definition) is 3. The van der Waals surface area contributed by atoms with E-state index in [9.17, 15) is 9.59 Å². The highest BCUT2D eigenvalue weighted by Crippen LogP contribution is 2.23. The normalized spacial score (nSPS) is 17.4. The van der Waals surface area contributed by atoms with E-state index in [2.05, 4.69) is 15.6 Å². The van der Waals surface area contributed by atoms with Crippen molar-refractivity contribution in [3.8, 4) is 0 Å². The number of carbonyl (C=O) groups is 1. The summed E-state index contributed by atoms with van der Waals surface area (Å²) < 4.78 is 5.43. The summed E-state index contributed by atoms with van der Waals surface area (Å²) in [5.41, 5.74) is 6.55. The van der Waals surface area contributed by atoms with E-state index < -0.39 is 11.5 Å². The van der Waals surface area contributed by atoms with E-state index in [1.54, 1.807) is 6.92 Å². The quantitative estimate of drug-likeness (QED) is 0.742. The largest absolute Gasteiger partial charge is 0.427 e. The van der Waals surface area contributed by atoms with Crippen molar-refractivity contribution >= 4 is 22.4 Å². The molecule has 1 saturated heterocycles. The zero-order valence-corrected chi connectivity index (χ0v) is 14.9. The Morgan fingerprint density at radius 2 is 2.40 bits per heavy atom. The van der Waals surface area contributed by atoms with Crippen LogP contribution in [0.25, 0.3) is 0 Å². The molecule has 1 fully saturated rings. The van der Waals surface area contributed by atoms with E-state index in [0.717, 1.165) is 31.6 Å². The molecule has 25 heavy (non-hydrogen) atoms. The Bertz CT molecular complexity index is 808. The van der Waals surface area contributed by atoms with Crippen molar-refractivity contribution in [3.05, 3.63) is 44.4 Å². The summed E-state index contributed by atoms with van der Waals surface area (Å²) in [7, 11) is 0. The van der Waals surface area contributed by atoms with Gasteiger partial charge < -0.3 is 20.8 Å². The maximum Gasteiger partial charge on any atom is 0.349 e. The molecule has 0 radical (unpaired) electrons. The Morgan fingerprint density at radius 3 is 3.04 bits per heavy atom. The summed E-state index contributed by atoms with van der Waals surface area (Å²) >= 11 is 1.36. The van der Waals surface area contributed by atoms with Crippen molar-refractivity contribution < 1.29 is 9.21 Å². The first-order valence-corrected chi connectivity index (χ1v) is 9.26. The fourth-order valence-electron chi connectivity index (χ4n) is 3.03. The number of nitrogen functional groups attached to an aromatic ring is 1. The Hall–Kier alpha value is -2.19. The van der Waals surface area contributed by atoms with Crippen LogP contribution in [0.5, 0.6) is 0 Å². The molecule has 0 spiro atoms. The number of anilines is 1. The Labute approximate surface area is 149 Å². The van der Waals surface area contributed by atoms with Crippen molar-refractivity contribution in [1.82, 2.24) is 15.6 Å². The Kier molecular flexibility index (Phi) is 5.50. The van der Waals surface area contributed by atoms with Gasteiger partial charge in [0.1, 0.15) is 11.3 Å². The minimum Gasteiger partial charge on any atom is -0.427 e. The van der Waals surface area contributed by atoms with E-state index in [1.165, 1.54) is 11.3 Å². The molecule has 1 aliphatic heterocycles. The minimum absolute atomic E-state index is 0.0744. The number of aryl methyl sites for hydroxylation is 1. The molecule has 3 heterocycles. The third-order valence-corrected chi connectivity index (χ3v) is 5.05. The standard InChI is InChI=1S/C17H22N4O3S/c1-10-7-13(11-3-2-5-19-8-11)24-16(23)14(10)15(22)20-6-4-12-9-25-17(18)21-12/h7,9,11,19H,2-6,8H2,1H3,(H2,18,21)(H,20,22). The molecule has 1 aliphatic rings. The van der Waals surface area contributed by atoms with E-state index in [0.29, 0.717) is 29.4 Å². The lowest BCUT2D eigenvalue weighted by atomic mass is 9.95. The van der Waals surface area contributed by atoms with Crippen LogP contribution in [0.1, 0.15) is 46.1 Å². The number of nitrogens with two attached hydrogens (primary N) is 1. The molecule has 7 nitrogen and oxygen atoms in total. The number of nitrogens with zero attached hydrogens (tertiary/aromatic N) is 1. The first-order chi connectivity index (χ1) is 12.0. The lowest BCUT2D eigenvalue weighted by Crippen LogP contribution is -2.32. The van der Waals surface area contributed by atoms with Crippen molar-refractivity contribution in [1.29, 1.82) is 0 Å². The van der Waals surface area contributed by atoms with Crippen molar-refractivity contribution in [3.63, 3.8) is 0 Å². The van der Waals surface area contributed by atoms with Crippen molar-refractivity contribution in [2.45, 2.75) is 32.1 Å². The molecule has 0 aliphatic carbocycles. The van der Waals surface area contributed by atoms with Crippen LogP contribution < -0.4 is 22.0 Å². The lowest BCUT2D eigenvalue weighted by molar-refractivity contribution is 0.0949. The highest BCUT2D eigenvalue weighted by Gasteiger charge is 2.22. The number of nitrogens with one attached hydrogen (secondary N) is 2. The molecule has 4 N–H and O–H groups in total. The van der Waals surface area contributed by atoms with Crippen LogP contribution in [0, 0.1) is 6.92 Å². The van der Waals surface area contributed by atoms with Gasteiger partial charge in [-0.25, -0.2) is 9.78 Å². The topological polar surface area (TPSA) is 110 Å². The molecule has 0 saturated carbocycles. The highest BCUT2D eigenvalue weighted by molar-refractivity contribution is 7.13. The number of aromatic nitrogens is 1. The van der Waals surface area contributed by atoms with Gasteiger partial charge in [-0.15, -0.1) is 11.3 Å². The summed E-state index contributed by atoms with van der Waals surface area (Å²) in [6.45, 7) is 3.94. The highest BCUT2D eigenvalue weighted by atomic mass is 32.1. The second-order valence-corrected chi connectivity index (χ2v) is 7.11. The number of rotatable bonds is 5. The smallest absolute Gasteiger partial charge is 0.349 e. The molecule has 1 unspecified atom stereocenters. The number of amides is 1. The molecule has 2 aromatic heterocycles. The zero-order chi connectivity index (χ0) is 17.8. The number of piperidine rings is 1. The molecule has 0 aromatic carbocycles. The van der Waals surface area contributed by atoms with Gasteiger partial charge in [0.25, 0.3) is 5.91 Å². The van der Waals surface area contributed by atoms with Crippen LogP contribution >= 0.6 is 11.3 Å². The van der Waals surface area contributed by atoms with Gasteiger partial charge in [0.05, 0.1) is 5.69 Å². The Balaban J connectivity index is 1.66. The monoisotopic (exact) mass is 362 g/mol. The third-order valence-electron chi connectivity index (χ3n) is 4.33. The number of carbonyl (C=O) groups excluding carboxylic acids is 1. The summed E-state index contributed by atoms with van der Waals surface area (Å²) in [6.07, 6.45) is 2.60. The second-order valence-electron chi connectivity index (χ2n) is 6.22. The fourth-order valence-corrected chi connectivity index (χ4v) is 3.63. The van der Waals surface area contributed by atoms with Crippen LogP contribution in [0.2, 0.25) is 0 Å². The zero-order valence-electron chi connectivity index (χ0n) is 14.1.